The van der Waals surface area contributed by atoms with Gasteiger partial charge in [-0.25, -0.2) is 15.0 Å². The summed E-state index contributed by atoms with van der Waals surface area (Å²) in [4.78, 5) is 31.7. The largest absolute Gasteiger partial charge is 0.357 e. The Labute approximate surface area is 197 Å². The van der Waals surface area contributed by atoms with Crippen molar-refractivity contribution in [3.63, 3.8) is 0 Å². The normalized spacial score (nSPS) is 24.2. The number of nitrogens with zero attached hydrogens (tertiary/aromatic N) is 5. The number of amidine groups is 2. The summed E-state index contributed by atoms with van der Waals surface area (Å²) in [6.45, 7) is 8.30. The Morgan fingerprint density at radius 1 is 1.09 bits per heavy atom. The molecule has 1 unspecified atom stereocenters. The van der Waals surface area contributed by atoms with Crippen molar-refractivity contribution in [3.05, 3.63) is 35.8 Å². The van der Waals surface area contributed by atoms with Crippen LogP contribution < -0.4 is 10.6 Å². The molecule has 178 valence electrons. The van der Waals surface area contributed by atoms with Gasteiger partial charge < -0.3 is 20.4 Å². The molecule has 1 saturated carbocycles. The minimum Gasteiger partial charge on any atom is -0.357 e. The molecule has 2 fully saturated rings. The first-order valence-electron chi connectivity index (χ1n) is 12.3. The molecule has 1 aromatic rings. The minimum absolute atomic E-state index is 0.103. The summed E-state index contributed by atoms with van der Waals surface area (Å²) in [6, 6.07) is 5.79. The molecule has 1 atom stereocenters. The highest BCUT2D eigenvalue weighted by Gasteiger charge is 2.23. The van der Waals surface area contributed by atoms with Gasteiger partial charge in [0, 0.05) is 44.6 Å². The standard InChI is InChI=1S/C25H37N7O/c1-4-21-28-23(32-16-14-31(3)15-17-32)13-12-18(2)24(29-21)30-22-11-7-10-20(27-22)25(33)26-19-8-5-6-9-19/h4,7,10-11,18-19H,5-6,8-9,12-17H2,1-3H3,(H,26,33)(H,27,29,30)/b21-4+,28-23?. The lowest BCUT2D eigenvalue weighted by Crippen LogP contribution is -2.47. The van der Waals surface area contributed by atoms with Crippen molar-refractivity contribution < 1.29 is 4.79 Å². The molecule has 2 aliphatic heterocycles. The summed E-state index contributed by atoms with van der Waals surface area (Å²) in [7, 11) is 2.17. The highest BCUT2D eigenvalue weighted by atomic mass is 16.1. The van der Waals surface area contributed by atoms with Gasteiger partial charge in [-0.05, 0) is 51.4 Å². The summed E-state index contributed by atoms with van der Waals surface area (Å²) >= 11 is 0. The average molecular weight is 452 g/mol. The zero-order valence-corrected chi connectivity index (χ0v) is 20.2. The van der Waals surface area contributed by atoms with Crippen LogP contribution in [0.4, 0.5) is 5.82 Å². The van der Waals surface area contributed by atoms with Crippen LogP contribution in [0.15, 0.2) is 40.1 Å². The minimum atomic E-state index is -0.103. The molecule has 3 aliphatic rings. The van der Waals surface area contributed by atoms with Crippen LogP contribution >= 0.6 is 0 Å². The van der Waals surface area contributed by atoms with E-state index in [0.29, 0.717) is 17.3 Å². The van der Waals surface area contributed by atoms with E-state index < -0.39 is 0 Å². The molecule has 3 heterocycles. The number of hydrogen-bond acceptors (Lipinski definition) is 7. The third kappa shape index (κ3) is 6.19. The van der Waals surface area contributed by atoms with Gasteiger partial charge in [-0.1, -0.05) is 25.8 Å². The second-order valence-electron chi connectivity index (χ2n) is 9.39. The first-order chi connectivity index (χ1) is 16.0. The molecule has 4 rings (SSSR count). The lowest BCUT2D eigenvalue weighted by atomic mass is 10.0. The number of nitrogens with one attached hydrogen (secondary N) is 2. The summed E-state index contributed by atoms with van der Waals surface area (Å²) < 4.78 is 0. The smallest absolute Gasteiger partial charge is 0.270 e. The van der Waals surface area contributed by atoms with Crippen LogP contribution in [0, 0.1) is 5.92 Å². The Kier molecular flexibility index (Phi) is 7.75. The first-order valence-corrected chi connectivity index (χ1v) is 12.3. The van der Waals surface area contributed by atoms with Gasteiger partial charge >= 0.3 is 0 Å². The molecule has 1 aromatic heterocycles. The molecule has 1 saturated heterocycles. The Bertz CT molecular complexity index is 924. The second-order valence-corrected chi connectivity index (χ2v) is 9.39. The van der Waals surface area contributed by atoms with Gasteiger partial charge in [-0.15, -0.1) is 0 Å². The number of rotatable bonds is 3. The third-order valence-electron chi connectivity index (χ3n) is 6.80. The van der Waals surface area contributed by atoms with Crippen molar-refractivity contribution in [2.75, 3.05) is 38.5 Å². The molecule has 33 heavy (non-hydrogen) atoms. The van der Waals surface area contributed by atoms with Crippen molar-refractivity contribution in [1.29, 1.82) is 0 Å². The molecule has 0 radical (unpaired) electrons. The van der Waals surface area contributed by atoms with Crippen LogP contribution in [0.5, 0.6) is 0 Å². The fourth-order valence-electron chi connectivity index (χ4n) is 4.59. The topological polar surface area (TPSA) is 85.2 Å². The predicted octanol–water partition coefficient (Wildman–Crippen LogP) is 3.50. The molecule has 2 N–H and O–H groups in total. The Morgan fingerprint density at radius 3 is 2.58 bits per heavy atom. The van der Waals surface area contributed by atoms with Crippen LogP contribution in [-0.4, -0.2) is 71.6 Å². The fraction of sp³-hybridized carbons (Fsp3) is 0.600. The lowest BCUT2D eigenvalue weighted by Gasteiger charge is -2.35. The van der Waals surface area contributed by atoms with Crippen LogP contribution in [0.1, 0.15) is 62.9 Å². The number of anilines is 1. The summed E-state index contributed by atoms with van der Waals surface area (Å²) in [5.41, 5.74) is 0.438. The predicted molar refractivity (Wildman–Crippen MR) is 134 cm³/mol. The van der Waals surface area contributed by atoms with E-state index in [-0.39, 0.29) is 17.9 Å². The molecule has 1 amide bonds. The molecular weight excluding hydrogens is 414 g/mol. The van der Waals surface area contributed by atoms with Gasteiger partial charge in [0.2, 0.25) is 0 Å². The summed E-state index contributed by atoms with van der Waals surface area (Å²) in [6.07, 6.45) is 8.31. The van der Waals surface area contributed by atoms with Crippen molar-refractivity contribution in [1.82, 2.24) is 20.1 Å². The van der Waals surface area contributed by atoms with Crippen molar-refractivity contribution in [3.8, 4) is 0 Å². The maximum absolute atomic E-state index is 12.6. The SMILES string of the molecule is C/C=C1/N=C(Nc2cccc(C(=O)NC3CCCC3)n2)C(C)CCC(N2CCN(C)CC2)=N1. The number of pyridine rings is 1. The summed E-state index contributed by atoms with van der Waals surface area (Å²) in [5.74, 6) is 3.44. The second kappa shape index (κ2) is 10.9. The lowest BCUT2D eigenvalue weighted by molar-refractivity contribution is 0.0933. The third-order valence-corrected chi connectivity index (χ3v) is 6.80. The molecular formula is C25H37N7O. The van der Waals surface area contributed by atoms with E-state index in [4.69, 9.17) is 9.98 Å². The van der Waals surface area contributed by atoms with E-state index in [1.54, 1.807) is 6.07 Å². The maximum Gasteiger partial charge on any atom is 0.270 e. The molecule has 8 heteroatoms. The number of piperazine rings is 1. The average Bonchev–Trinajstić information content (AvgIpc) is 3.33. The molecule has 0 spiro atoms. The van der Waals surface area contributed by atoms with Crippen molar-refractivity contribution >= 4 is 23.4 Å². The number of aliphatic imine (C=N–C) groups is 2. The number of carbonyl (C=O) groups is 1. The van der Waals surface area contributed by atoms with Gasteiger partial charge in [0.25, 0.3) is 5.91 Å². The monoisotopic (exact) mass is 451 g/mol. The zero-order chi connectivity index (χ0) is 23.2. The Balaban J connectivity index is 1.48. The Hall–Kier alpha value is -2.74. The molecule has 8 nitrogen and oxygen atoms in total. The van der Waals surface area contributed by atoms with E-state index in [0.717, 1.165) is 63.5 Å². The van der Waals surface area contributed by atoms with Gasteiger partial charge in [0.15, 0.2) is 5.82 Å². The van der Waals surface area contributed by atoms with Crippen LogP contribution in [-0.2, 0) is 0 Å². The first kappa shape index (κ1) is 23.4. The van der Waals surface area contributed by atoms with Gasteiger partial charge in [0.1, 0.15) is 23.2 Å². The van der Waals surface area contributed by atoms with E-state index in [1.165, 1.54) is 12.8 Å². The fourth-order valence-corrected chi connectivity index (χ4v) is 4.59. The van der Waals surface area contributed by atoms with E-state index in [9.17, 15) is 4.79 Å². The van der Waals surface area contributed by atoms with Gasteiger partial charge in [-0.2, -0.15) is 0 Å². The van der Waals surface area contributed by atoms with E-state index in [1.807, 2.05) is 25.1 Å². The highest BCUT2D eigenvalue weighted by molar-refractivity contribution is 5.99. The van der Waals surface area contributed by atoms with Crippen LogP contribution in [0.25, 0.3) is 0 Å². The maximum atomic E-state index is 12.6. The number of hydrogen-bond donors (Lipinski definition) is 2. The number of likely N-dealkylation sites (N-methyl/N-ethyl adjacent to an activating group) is 1. The highest BCUT2D eigenvalue weighted by Crippen LogP contribution is 2.21. The number of allylic oxidation sites excluding steroid dienone is 1. The zero-order valence-electron chi connectivity index (χ0n) is 20.2. The van der Waals surface area contributed by atoms with Crippen LogP contribution in [0.3, 0.4) is 0 Å². The quantitative estimate of drug-likeness (QED) is 0.735. The van der Waals surface area contributed by atoms with E-state index >= 15 is 0 Å². The number of carbonyl (C=O) groups excluding carboxylic acids is 1. The molecule has 1 aliphatic carbocycles. The summed E-state index contributed by atoms with van der Waals surface area (Å²) in [5, 5.41) is 6.49. The van der Waals surface area contributed by atoms with Gasteiger partial charge in [-0.3, -0.25) is 4.79 Å². The van der Waals surface area contributed by atoms with Crippen molar-refractivity contribution in [2.45, 2.75) is 58.4 Å². The van der Waals surface area contributed by atoms with Crippen LogP contribution in [0.2, 0.25) is 0 Å². The van der Waals surface area contributed by atoms with E-state index in [2.05, 4.69) is 39.4 Å². The number of aromatic nitrogens is 1. The molecule has 0 aromatic carbocycles. The Morgan fingerprint density at radius 2 is 1.85 bits per heavy atom. The van der Waals surface area contributed by atoms with Crippen molar-refractivity contribution in [2.24, 2.45) is 15.9 Å². The molecule has 0 bridgehead atoms. The van der Waals surface area contributed by atoms with Gasteiger partial charge in [0.05, 0.1) is 0 Å². The number of amides is 1.